The van der Waals surface area contributed by atoms with Gasteiger partial charge in [-0.25, -0.2) is 24.5 Å². The molecule has 0 radical (unpaired) electrons. The van der Waals surface area contributed by atoms with Gasteiger partial charge < -0.3 is 4.98 Å². The van der Waals surface area contributed by atoms with Crippen LogP contribution in [0.4, 0.5) is 0 Å². The van der Waals surface area contributed by atoms with Crippen molar-refractivity contribution in [1.82, 2.24) is 68.5 Å². The molecule has 10 aromatic heterocycles. The summed E-state index contributed by atoms with van der Waals surface area (Å²) in [5.74, 6) is 1.21. The van der Waals surface area contributed by atoms with Crippen LogP contribution in [0.15, 0.2) is 170 Å². The molecular weight excluding hydrogens is 939 g/mol. The predicted molar refractivity (Wildman–Crippen MR) is 285 cm³/mol. The summed E-state index contributed by atoms with van der Waals surface area (Å²) >= 11 is 18.3. The van der Waals surface area contributed by atoms with E-state index in [2.05, 4.69) is 86.2 Å². The fourth-order valence-corrected chi connectivity index (χ4v) is 9.14. The molecule has 0 spiro atoms. The van der Waals surface area contributed by atoms with Gasteiger partial charge in [0.05, 0.1) is 22.1 Å². The summed E-state index contributed by atoms with van der Waals surface area (Å²) in [4.78, 5) is 46.8. The van der Waals surface area contributed by atoms with Gasteiger partial charge in [0.1, 0.15) is 22.6 Å². The van der Waals surface area contributed by atoms with E-state index in [4.69, 9.17) is 39.8 Å². The lowest BCUT2D eigenvalue weighted by Gasteiger charge is -2.09. The van der Waals surface area contributed by atoms with E-state index in [1.165, 1.54) is 0 Å². The van der Waals surface area contributed by atoms with Crippen LogP contribution in [0.2, 0.25) is 15.9 Å². The third-order valence-corrected chi connectivity index (χ3v) is 11.9. The van der Waals surface area contributed by atoms with Gasteiger partial charge in [0.25, 0.3) is 0 Å². The molecule has 344 valence electrons. The maximum atomic E-state index is 6.46. The average molecular weight is 980 g/mol. The fourth-order valence-electron chi connectivity index (χ4n) is 8.64. The first-order valence-electron chi connectivity index (χ1n) is 20.8. The number of hydrogen-bond donors (Lipinski definition) is 1. The van der Waals surface area contributed by atoms with E-state index < -0.39 is 0 Å². The Labute approximate surface area is 415 Å². The Balaban J connectivity index is 0.000000141. The van der Waals surface area contributed by atoms with Gasteiger partial charge in [-0.3, -0.25) is 9.13 Å². The molecule has 70 heavy (non-hydrogen) atoms. The minimum Gasteiger partial charge on any atom is -0.324 e. The van der Waals surface area contributed by atoms with Gasteiger partial charge in [-0.15, -0.1) is 0 Å². The highest BCUT2D eigenvalue weighted by molar-refractivity contribution is 6.31. The molecule has 14 rings (SSSR count). The lowest BCUT2D eigenvalue weighted by Crippen LogP contribution is -2.09. The molecule has 0 atom stereocenters. The largest absolute Gasteiger partial charge is 0.324 e. The molecule has 0 aliphatic rings. The number of aromatic amines is 1. The molecule has 0 bridgehead atoms. The van der Waals surface area contributed by atoms with Crippen molar-refractivity contribution in [3.05, 3.63) is 186 Å². The summed E-state index contributed by atoms with van der Waals surface area (Å²) in [7, 11) is 0. The number of halogens is 3. The number of rotatable bonds is 3. The van der Waals surface area contributed by atoms with E-state index in [0.717, 1.165) is 76.5 Å². The molecule has 4 aromatic carbocycles. The number of fused-ring (bicyclic) bond motifs is 12. The summed E-state index contributed by atoms with van der Waals surface area (Å²) in [5, 5.41) is 8.93. The van der Waals surface area contributed by atoms with Gasteiger partial charge in [-0.2, -0.15) is 29.9 Å². The highest BCUT2D eigenvalue weighted by atomic mass is 35.5. The molecule has 14 nitrogen and oxygen atoms in total. The summed E-state index contributed by atoms with van der Waals surface area (Å²) in [6, 6.07) is 48.3. The number of hydrogen-bond acceptors (Lipinski definition) is 10. The van der Waals surface area contributed by atoms with E-state index in [9.17, 15) is 0 Å². The van der Waals surface area contributed by atoms with E-state index in [0.29, 0.717) is 29.1 Å². The number of nitrogens with zero attached hydrogens (tertiary/aromatic N) is 13. The van der Waals surface area contributed by atoms with Crippen molar-refractivity contribution in [3.63, 3.8) is 0 Å². The van der Waals surface area contributed by atoms with Gasteiger partial charge in [0.2, 0.25) is 33.7 Å². The molecule has 0 unspecified atom stereocenters. The monoisotopic (exact) mass is 978 g/mol. The third-order valence-electron chi connectivity index (χ3n) is 11.3. The van der Waals surface area contributed by atoms with Gasteiger partial charge in [-0.1, -0.05) is 95.1 Å². The Morgan fingerprint density at radius 2 is 0.600 bits per heavy atom. The minimum atomic E-state index is 0. The van der Waals surface area contributed by atoms with Crippen LogP contribution in [0.1, 0.15) is 22.3 Å². The van der Waals surface area contributed by atoms with Crippen molar-refractivity contribution in [2.24, 2.45) is 0 Å². The summed E-state index contributed by atoms with van der Waals surface area (Å²) in [6.45, 7) is 0. The zero-order valence-corrected chi connectivity index (χ0v) is 36.9. The topological polar surface area (TPSA) is 159 Å². The highest BCUT2D eigenvalue weighted by Crippen LogP contribution is 2.34. The van der Waals surface area contributed by atoms with Crippen LogP contribution < -0.4 is 0 Å². The molecule has 1 N–H and O–H groups in total. The second-order valence-corrected chi connectivity index (χ2v) is 16.1. The second kappa shape index (κ2) is 19.3. The van der Waals surface area contributed by atoms with Crippen LogP contribution in [-0.2, 0) is 0 Å². The average Bonchev–Trinajstić information content (AvgIpc) is 4.11. The summed E-state index contributed by atoms with van der Waals surface area (Å²) in [6.07, 6.45) is 7.04. The van der Waals surface area contributed by atoms with Crippen LogP contribution in [0.5, 0.6) is 0 Å². The molecule has 17 heteroatoms. The molecule has 0 fully saturated rings. The number of H-pyrrole nitrogens is 1. The van der Waals surface area contributed by atoms with Crippen molar-refractivity contribution >= 4 is 123 Å². The predicted octanol–water partition coefficient (Wildman–Crippen LogP) is 13.8. The first-order chi connectivity index (χ1) is 33.0. The van der Waals surface area contributed by atoms with Gasteiger partial charge >= 0.3 is 0 Å². The van der Waals surface area contributed by atoms with E-state index in [-0.39, 0.29) is 38.1 Å². The van der Waals surface area contributed by atoms with Crippen LogP contribution in [-0.4, -0.2) is 68.5 Å². The molecule has 14 aromatic rings. The Morgan fingerprint density at radius 3 is 1.00 bits per heavy atom. The lowest BCUT2D eigenvalue weighted by atomic mass is 10.2. The number of nitrogens with one attached hydrogen (secondary N) is 1. The first-order valence-corrected chi connectivity index (χ1v) is 22.0. The maximum absolute atomic E-state index is 6.46. The Hall–Kier alpha value is -8.43. The van der Waals surface area contributed by atoms with Crippen LogP contribution in [0.3, 0.4) is 0 Å². The molecule has 0 amide bonds. The maximum Gasteiger partial charge on any atom is 0.243 e. The number of benzene rings is 4. The normalized spacial score (nSPS) is 11.0. The standard InChI is InChI=1S/C25H14ClN7.C15H8Cl2N4.C10H7N3.3CH4/c26-23-29-24(32-19-11-3-1-7-15(19)16-8-2-4-12-20(16)32)31-25(30-23)33-21-17(9-5-13-27-21)18-10-6-14-28-22(18)33;16-13-18-14(17)20-15(19-13)21-11-7-3-1-5-9(11)10-6-2-4-8-12(10)21;1-3-7-8-4-2-6-12-10(8)13-9(7)11-5-1;;;/h1-14H;1-8H;1-6H,(H,11,12,13);3*1H4. The van der Waals surface area contributed by atoms with E-state index >= 15 is 0 Å². The van der Waals surface area contributed by atoms with E-state index in [1.807, 2.05) is 123 Å². The first kappa shape index (κ1) is 46.7. The van der Waals surface area contributed by atoms with Crippen molar-refractivity contribution in [2.75, 3.05) is 0 Å². The SMILES string of the molecule is C.C.C.Clc1nc(-n2c3ccccc3c3ccccc32)nc(-n2c3ncccc3c3cccnc32)n1.Clc1nc(Cl)nc(-n2c3ccccc3c3ccccc32)n1.c1cnc2[nH]c3ncccc3c2c1. The molecule has 0 saturated heterocycles. The molecule has 0 aliphatic heterocycles. The van der Waals surface area contributed by atoms with Crippen LogP contribution in [0, 0.1) is 0 Å². The van der Waals surface area contributed by atoms with Gasteiger partial charge in [-0.05, 0) is 108 Å². The Morgan fingerprint density at radius 1 is 0.300 bits per heavy atom. The number of pyridine rings is 4. The van der Waals surface area contributed by atoms with Gasteiger partial charge in [0.15, 0.2) is 0 Å². The molecule has 0 aliphatic carbocycles. The zero-order chi connectivity index (χ0) is 45.0. The zero-order valence-electron chi connectivity index (χ0n) is 34.6. The minimum absolute atomic E-state index is 0. The van der Waals surface area contributed by atoms with Crippen molar-refractivity contribution in [3.8, 4) is 17.8 Å². The lowest BCUT2D eigenvalue weighted by molar-refractivity contribution is 0.878. The number of aromatic nitrogens is 14. The van der Waals surface area contributed by atoms with Crippen molar-refractivity contribution < 1.29 is 0 Å². The molecular formula is C53H41Cl3N14. The summed E-state index contributed by atoms with van der Waals surface area (Å²) in [5.41, 5.74) is 7.19. The Bertz CT molecular complexity index is 3840. The highest BCUT2D eigenvalue weighted by Gasteiger charge is 2.20. The smallest absolute Gasteiger partial charge is 0.243 e. The number of para-hydroxylation sites is 4. The third kappa shape index (κ3) is 8.03. The van der Waals surface area contributed by atoms with Crippen molar-refractivity contribution in [2.45, 2.75) is 22.3 Å². The molecule has 0 saturated carbocycles. The fraction of sp³-hybridized carbons (Fsp3) is 0.0566. The second-order valence-electron chi connectivity index (χ2n) is 15.1. The van der Waals surface area contributed by atoms with Crippen LogP contribution in [0.25, 0.3) is 106 Å². The van der Waals surface area contributed by atoms with Gasteiger partial charge in [0, 0.05) is 67.9 Å². The Kier molecular flexibility index (Phi) is 12.9. The summed E-state index contributed by atoms with van der Waals surface area (Å²) < 4.78 is 5.77. The molecule has 10 heterocycles. The van der Waals surface area contributed by atoms with E-state index in [1.54, 1.807) is 24.8 Å². The van der Waals surface area contributed by atoms with Crippen molar-refractivity contribution in [1.29, 1.82) is 0 Å². The van der Waals surface area contributed by atoms with Crippen LogP contribution >= 0.6 is 34.8 Å². The quantitative estimate of drug-likeness (QED) is 0.180.